The summed E-state index contributed by atoms with van der Waals surface area (Å²) < 4.78 is 36.7. The Bertz CT molecular complexity index is 986. The fourth-order valence-electron chi connectivity index (χ4n) is 3.57. The number of carbonyl (C=O) groups excluding carboxylic acids is 1. The number of benzene rings is 2. The van der Waals surface area contributed by atoms with Crippen LogP contribution >= 0.6 is 11.8 Å². The molecule has 0 bridgehead atoms. The van der Waals surface area contributed by atoms with Crippen molar-refractivity contribution in [3.63, 3.8) is 0 Å². The summed E-state index contributed by atoms with van der Waals surface area (Å²) in [5, 5.41) is 2.94. The van der Waals surface area contributed by atoms with E-state index >= 15 is 0 Å². The van der Waals surface area contributed by atoms with Gasteiger partial charge >= 0.3 is 0 Å². The number of hydrogen-bond donors (Lipinski definition) is 1. The number of anilines is 2. The number of nitrogens with zero attached hydrogens (tertiary/aromatic N) is 1. The van der Waals surface area contributed by atoms with Crippen LogP contribution in [0.4, 0.5) is 15.8 Å². The number of hydrogen-bond acceptors (Lipinski definition) is 3. The summed E-state index contributed by atoms with van der Waals surface area (Å²) in [6.45, 7) is 9.18. The topological polar surface area (TPSA) is 32.3 Å². The average molecular weight is 404 g/mol. The second-order valence-electron chi connectivity index (χ2n) is 8.61. The number of amides is 1. The van der Waals surface area contributed by atoms with Crippen LogP contribution in [0.5, 0.6) is 0 Å². The van der Waals surface area contributed by atoms with Crippen LogP contribution < -0.4 is 10.2 Å². The third-order valence-electron chi connectivity index (χ3n) is 4.90. The quantitative estimate of drug-likeness (QED) is 0.656. The van der Waals surface area contributed by atoms with Crippen molar-refractivity contribution < 1.29 is 13.3 Å². The second kappa shape index (κ2) is 8.16. The second-order valence-corrected chi connectivity index (χ2v) is 9.25. The molecule has 0 fully saturated rings. The van der Waals surface area contributed by atoms with Crippen molar-refractivity contribution in [3.8, 4) is 0 Å². The molecule has 1 heterocycles. The summed E-state index contributed by atoms with van der Waals surface area (Å²) in [6, 6.07) is 8.68. The van der Waals surface area contributed by atoms with E-state index in [1.807, 2.05) is 45.9 Å². The van der Waals surface area contributed by atoms with Crippen LogP contribution in [0, 0.1) is 18.2 Å². The van der Waals surface area contributed by atoms with E-state index in [-0.39, 0.29) is 17.1 Å². The molecule has 0 spiro atoms. The summed E-state index contributed by atoms with van der Waals surface area (Å²) in [5.74, 6) is -0.362. The van der Waals surface area contributed by atoms with Gasteiger partial charge in [0.25, 0.3) is 0 Å². The minimum Gasteiger partial charge on any atom is -0.367 e. The number of rotatable bonds is 4. The van der Waals surface area contributed by atoms with Gasteiger partial charge in [0.1, 0.15) is 5.82 Å². The molecule has 0 saturated heterocycles. The number of halogens is 1. The van der Waals surface area contributed by atoms with Crippen molar-refractivity contribution in [2.24, 2.45) is 5.41 Å². The van der Waals surface area contributed by atoms with Crippen LogP contribution in [-0.2, 0) is 17.8 Å². The summed E-state index contributed by atoms with van der Waals surface area (Å²) in [6.07, 6.45) is -1.18. The molecule has 3 nitrogen and oxygen atoms in total. The molecule has 28 heavy (non-hydrogen) atoms. The molecule has 0 unspecified atom stereocenters. The van der Waals surface area contributed by atoms with E-state index < -0.39 is 6.18 Å². The van der Waals surface area contributed by atoms with Gasteiger partial charge in [0.05, 0.1) is 5.69 Å². The van der Waals surface area contributed by atoms with Crippen molar-refractivity contribution in [3.05, 3.63) is 52.8 Å². The highest BCUT2D eigenvalue weighted by atomic mass is 32.2. The third kappa shape index (κ3) is 4.88. The van der Waals surface area contributed by atoms with Crippen LogP contribution in [0.2, 0.25) is 0 Å². The van der Waals surface area contributed by atoms with Gasteiger partial charge in [-0.1, -0.05) is 26.8 Å². The summed E-state index contributed by atoms with van der Waals surface area (Å²) >= 11 is 0.776. The zero-order valence-electron chi connectivity index (χ0n) is 19.9. The Hall–Kier alpha value is -2.01. The van der Waals surface area contributed by atoms with E-state index in [0.717, 1.165) is 40.6 Å². The maximum Gasteiger partial charge on any atom is 0.224 e. The fraction of sp³-hybridized carbons (Fsp3) is 0.435. The van der Waals surface area contributed by atoms with Gasteiger partial charge in [0.2, 0.25) is 5.91 Å². The fourth-order valence-corrected chi connectivity index (χ4v) is 4.06. The van der Waals surface area contributed by atoms with Crippen molar-refractivity contribution >= 4 is 29.0 Å². The predicted molar refractivity (Wildman–Crippen MR) is 117 cm³/mol. The SMILES string of the molecule is [2H]C([2H])([2H])Sc1cc(N2CCc3cc(F)ccc3C2)cc(C)c1NC(=O)CC(C)(C)C. The van der Waals surface area contributed by atoms with Gasteiger partial charge in [-0.05, 0) is 65.9 Å². The molecular weight excluding hydrogens is 371 g/mol. The predicted octanol–water partition coefficient (Wildman–Crippen LogP) is 5.79. The summed E-state index contributed by atoms with van der Waals surface area (Å²) in [7, 11) is 0. The lowest BCUT2D eigenvalue weighted by molar-refractivity contribution is -0.117. The minimum atomic E-state index is -2.24. The highest BCUT2D eigenvalue weighted by Crippen LogP contribution is 2.36. The van der Waals surface area contributed by atoms with Gasteiger partial charge in [0, 0.05) is 34.2 Å². The number of nitrogens with one attached hydrogen (secondary N) is 1. The maximum absolute atomic E-state index is 13.5. The first kappa shape index (κ1) is 16.9. The smallest absolute Gasteiger partial charge is 0.224 e. The van der Waals surface area contributed by atoms with Crippen molar-refractivity contribution in [1.82, 2.24) is 0 Å². The molecule has 0 atom stereocenters. The Labute approximate surface area is 175 Å². The molecule has 1 aliphatic rings. The molecule has 1 amide bonds. The van der Waals surface area contributed by atoms with E-state index in [1.54, 1.807) is 6.07 Å². The zero-order valence-corrected chi connectivity index (χ0v) is 17.7. The molecule has 1 N–H and O–H groups in total. The first-order valence-corrected chi connectivity index (χ1v) is 10.3. The maximum atomic E-state index is 13.5. The highest BCUT2D eigenvalue weighted by molar-refractivity contribution is 7.98. The first-order valence-electron chi connectivity index (χ1n) is 11.0. The molecule has 0 aliphatic carbocycles. The zero-order chi connectivity index (χ0) is 23.0. The first-order chi connectivity index (χ1) is 14.3. The Morgan fingerprint density at radius 1 is 1.29 bits per heavy atom. The molecule has 5 heteroatoms. The van der Waals surface area contributed by atoms with Crippen LogP contribution in [0.3, 0.4) is 0 Å². The van der Waals surface area contributed by atoms with Gasteiger partial charge in [-0.25, -0.2) is 4.39 Å². The molecule has 0 saturated carbocycles. The number of thioether (sulfide) groups is 1. The molecule has 2 aromatic carbocycles. The van der Waals surface area contributed by atoms with Gasteiger partial charge in [0.15, 0.2) is 0 Å². The highest BCUT2D eigenvalue weighted by Gasteiger charge is 2.21. The number of fused-ring (bicyclic) bond motifs is 1. The van der Waals surface area contributed by atoms with Gasteiger partial charge in [-0.15, -0.1) is 11.8 Å². The molecule has 0 aromatic heterocycles. The van der Waals surface area contributed by atoms with E-state index in [1.165, 1.54) is 6.07 Å². The minimum absolute atomic E-state index is 0.135. The lowest BCUT2D eigenvalue weighted by atomic mass is 9.92. The van der Waals surface area contributed by atoms with Crippen molar-refractivity contribution in [2.75, 3.05) is 22.9 Å². The molecule has 1 aliphatic heterocycles. The van der Waals surface area contributed by atoms with Crippen LogP contribution in [0.25, 0.3) is 0 Å². The third-order valence-corrected chi connectivity index (χ3v) is 5.44. The molecule has 3 rings (SSSR count). The Kier molecular flexibility index (Phi) is 4.92. The Morgan fingerprint density at radius 2 is 2.07 bits per heavy atom. The average Bonchev–Trinajstić information content (AvgIpc) is 2.61. The van der Waals surface area contributed by atoms with Crippen molar-refractivity contribution in [2.45, 2.75) is 52.0 Å². The largest absolute Gasteiger partial charge is 0.367 e. The van der Waals surface area contributed by atoms with Crippen LogP contribution in [0.15, 0.2) is 35.2 Å². The summed E-state index contributed by atoms with van der Waals surface area (Å²) in [4.78, 5) is 15.2. The van der Waals surface area contributed by atoms with Gasteiger partial charge in [-0.3, -0.25) is 4.79 Å². The Balaban J connectivity index is 1.92. The monoisotopic (exact) mass is 403 g/mol. The number of carbonyl (C=O) groups is 1. The van der Waals surface area contributed by atoms with Crippen molar-refractivity contribution in [1.29, 1.82) is 0 Å². The van der Waals surface area contributed by atoms with Gasteiger partial charge < -0.3 is 10.2 Å². The normalized spacial score (nSPS) is 16.0. The van der Waals surface area contributed by atoms with Crippen LogP contribution in [0.1, 0.15) is 48.0 Å². The van der Waals surface area contributed by atoms with E-state index in [0.29, 0.717) is 30.1 Å². The molecule has 150 valence electrons. The van der Waals surface area contributed by atoms with E-state index in [4.69, 9.17) is 4.11 Å². The molecular formula is C23H29FN2OS. The van der Waals surface area contributed by atoms with Crippen LogP contribution in [-0.4, -0.2) is 18.6 Å². The van der Waals surface area contributed by atoms with E-state index in [9.17, 15) is 9.18 Å². The number of aryl methyl sites for hydroxylation is 1. The lowest BCUT2D eigenvalue weighted by Gasteiger charge is -2.32. The Morgan fingerprint density at radius 3 is 2.79 bits per heavy atom. The lowest BCUT2D eigenvalue weighted by Crippen LogP contribution is -2.30. The summed E-state index contributed by atoms with van der Waals surface area (Å²) in [5.41, 5.74) is 4.17. The standard InChI is InChI=1S/C23H29FN2OS/c1-15-10-19(26-9-8-16-11-18(24)7-6-17(16)14-26)12-20(28-5)22(15)25-21(27)13-23(2,3)4/h6-7,10-12H,8-9,13-14H2,1-5H3,(H,25,27)/i5D3. The van der Waals surface area contributed by atoms with Gasteiger partial charge in [-0.2, -0.15) is 0 Å². The molecule has 2 aromatic rings. The van der Waals surface area contributed by atoms with E-state index in [2.05, 4.69) is 10.2 Å². The molecule has 0 radical (unpaired) electrons.